The first-order valence-electron chi connectivity index (χ1n) is 10.3. The minimum absolute atomic E-state index is 0.0380. The molecule has 0 unspecified atom stereocenters. The van der Waals surface area contributed by atoms with Crippen molar-refractivity contribution in [1.82, 2.24) is 4.57 Å². The molecule has 2 amide bonds. The molecule has 2 heterocycles. The van der Waals surface area contributed by atoms with Crippen molar-refractivity contribution < 1.29 is 14.5 Å². The van der Waals surface area contributed by atoms with Crippen LogP contribution in [0.2, 0.25) is 5.02 Å². The predicted molar refractivity (Wildman–Crippen MR) is 134 cm³/mol. The van der Waals surface area contributed by atoms with Crippen molar-refractivity contribution in [3.63, 3.8) is 0 Å². The van der Waals surface area contributed by atoms with E-state index in [1.807, 2.05) is 35.0 Å². The van der Waals surface area contributed by atoms with Crippen LogP contribution in [0, 0.1) is 10.1 Å². The highest BCUT2D eigenvalue weighted by atomic mass is 35.5. The quantitative estimate of drug-likeness (QED) is 0.181. The van der Waals surface area contributed by atoms with E-state index >= 15 is 0 Å². The largest absolute Gasteiger partial charge is 0.342 e. The average Bonchev–Trinajstić information content (AvgIpc) is 3.31. The molecule has 34 heavy (non-hydrogen) atoms. The van der Waals surface area contributed by atoms with Gasteiger partial charge >= 0.3 is 0 Å². The number of non-ortho nitro benzene ring substituents is 1. The Kier molecular flexibility index (Phi) is 5.69. The summed E-state index contributed by atoms with van der Waals surface area (Å²) in [6.07, 6.45) is 3.63. The highest BCUT2D eigenvalue weighted by molar-refractivity contribution is 8.19. The monoisotopic (exact) mass is 489 g/mol. The van der Waals surface area contributed by atoms with Crippen molar-refractivity contribution in [3.8, 4) is 0 Å². The van der Waals surface area contributed by atoms with Gasteiger partial charge in [-0.3, -0.25) is 19.7 Å². The van der Waals surface area contributed by atoms with Gasteiger partial charge in [0.1, 0.15) is 0 Å². The molecular formula is C25H16ClN3O4S. The molecule has 0 aliphatic carbocycles. The molecule has 1 saturated heterocycles. The Morgan fingerprint density at radius 1 is 0.971 bits per heavy atom. The lowest BCUT2D eigenvalue weighted by Gasteiger charge is -2.13. The minimum atomic E-state index is -0.428. The number of nitro groups is 1. The van der Waals surface area contributed by atoms with Crippen molar-refractivity contribution in [2.24, 2.45) is 0 Å². The second-order valence-corrected chi connectivity index (χ2v) is 9.02. The number of nitrogens with zero attached hydrogens (tertiary/aromatic N) is 3. The number of anilines is 1. The van der Waals surface area contributed by atoms with Crippen molar-refractivity contribution in [2.75, 3.05) is 4.90 Å². The number of hydrogen-bond acceptors (Lipinski definition) is 5. The Balaban J connectivity index is 1.50. The topological polar surface area (TPSA) is 85.5 Å². The number of carbonyl (C=O) groups excluding carboxylic acids is 2. The fourth-order valence-electron chi connectivity index (χ4n) is 3.89. The van der Waals surface area contributed by atoms with Crippen LogP contribution in [-0.4, -0.2) is 20.6 Å². The van der Waals surface area contributed by atoms with Crippen LogP contribution in [0.4, 0.5) is 16.2 Å². The summed E-state index contributed by atoms with van der Waals surface area (Å²) in [5.74, 6) is -0.421. The first kappa shape index (κ1) is 21.9. The Bertz CT molecular complexity index is 1490. The predicted octanol–water partition coefficient (Wildman–Crippen LogP) is 6.49. The van der Waals surface area contributed by atoms with Crippen molar-refractivity contribution in [3.05, 3.63) is 110 Å². The number of imide groups is 1. The highest BCUT2D eigenvalue weighted by Crippen LogP contribution is 2.39. The van der Waals surface area contributed by atoms with Crippen LogP contribution in [0.3, 0.4) is 0 Å². The first-order valence-corrected chi connectivity index (χ1v) is 11.5. The minimum Gasteiger partial charge on any atom is -0.342 e. The number of fused-ring (bicyclic) bond motifs is 1. The molecule has 4 aromatic rings. The summed E-state index contributed by atoms with van der Waals surface area (Å²) in [6.45, 7) is 0.494. The van der Waals surface area contributed by atoms with Crippen LogP contribution in [0.25, 0.3) is 17.0 Å². The van der Waals surface area contributed by atoms with E-state index < -0.39 is 16.1 Å². The van der Waals surface area contributed by atoms with E-state index in [0.717, 1.165) is 38.7 Å². The van der Waals surface area contributed by atoms with Gasteiger partial charge in [0.2, 0.25) is 0 Å². The van der Waals surface area contributed by atoms with Gasteiger partial charge in [0.25, 0.3) is 16.8 Å². The lowest BCUT2D eigenvalue weighted by molar-refractivity contribution is -0.384. The van der Waals surface area contributed by atoms with E-state index in [0.29, 0.717) is 22.2 Å². The molecule has 1 fully saturated rings. The highest BCUT2D eigenvalue weighted by Gasteiger charge is 2.37. The molecule has 0 atom stereocenters. The maximum absolute atomic E-state index is 13.1. The van der Waals surface area contributed by atoms with Crippen LogP contribution in [-0.2, 0) is 11.3 Å². The van der Waals surface area contributed by atoms with Crippen LogP contribution in [0.15, 0.2) is 83.9 Å². The van der Waals surface area contributed by atoms with Gasteiger partial charge < -0.3 is 4.57 Å². The van der Waals surface area contributed by atoms with Crippen LogP contribution in [0.1, 0.15) is 11.1 Å². The number of aromatic nitrogens is 1. The SMILES string of the molecule is O=C1S/C(=C\c2cn(Cc3ccc([N+](=O)[O-])cc3)c3ccccc23)C(=O)N1c1ccccc1Cl. The van der Waals surface area contributed by atoms with E-state index in [9.17, 15) is 19.7 Å². The van der Waals surface area contributed by atoms with E-state index in [1.165, 1.54) is 12.1 Å². The molecular weight excluding hydrogens is 474 g/mol. The molecule has 168 valence electrons. The van der Waals surface area contributed by atoms with E-state index in [2.05, 4.69) is 0 Å². The average molecular weight is 490 g/mol. The lowest BCUT2D eigenvalue weighted by Crippen LogP contribution is -2.27. The van der Waals surface area contributed by atoms with Gasteiger partial charge in [0, 0.05) is 41.3 Å². The molecule has 0 N–H and O–H groups in total. The smallest absolute Gasteiger partial charge is 0.298 e. The second kappa shape index (κ2) is 8.81. The number of amides is 2. The molecule has 9 heteroatoms. The van der Waals surface area contributed by atoms with Crippen LogP contribution >= 0.6 is 23.4 Å². The van der Waals surface area contributed by atoms with Crippen molar-refractivity contribution >= 4 is 62.9 Å². The van der Waals surface area contributed by atoms with E-state index in [1.54, 1.807) is 42.5 Å². The van der Waals surface area contributed by atoms with Gasteiger partial charge in [-0.2, -0.15) is 0 Å². The Labute approximate surface area is 203 Å². The molecule has 3 aromatic carbocycles. The zero-order chi connectivity index (χ0) is 23.8. The zero-order valence-corrected chi connectivity index (χ0v) is 19.1. The third-order valence-electron chi connectivity index (χ3n) is 5.49. The number of hydrogen-bond donors (Lipinski definition) is 0. The van der Waals surface area contributed by atoms with Crippen molar-refractivity contribution in [1.29, 1.82) is 0 Å². The number of rotatable bonds is 5. The first-order chi connectivity index (χ1) is 16.4. The van der Waals surface area contributed by atoms with Gasteiger partial charge in [0.15, 0.2) is 0 Å². The maximum Gasteiger partial charge on any atom is 0.298 e. The van der Waals surface area contributed by atoms with Gasteiger partial charge in [0.05, 0.1) is 20.5 Å². The summed E-state index contributed by atoms with van der Waals surface area (Å²) in [6, 6.07) is 20.9. The third-order valence-corrected chi connectivity index (χ3v) is 6.68. The summed E-state index contributed by atoms with van der Waals surface area (Å²) < 4.78 is 2.01. The summed E-state index contributed by atoms with van der Waals surface area (Å²) in [5, 5.41) is 11.8. The second-order valence-electron chi connectivity index (χ2n) is 7.62. The summed E-state index contributed by atoms with van der Waals surface area (Å²) >= 11 is 7.09. The number of carbonyl (C=O) groups is 2. The Hall–Kier alpha value is -3.88. The lowest BCUT2D eigenvalue weighted by atomic mass is 10.1. The standard InChI is InChI=1S/C25H16ClN3O4S/c26-20-6-2-4-8-22(20)28-24(30)23(34-25(28)31)13-17-15-27(21-7-3-1-5-19(17)21)14-16-9-11-18(12-10-16)29(32)33/h1-13,15H,14H2/b23-13-. The Morgan fingerprint density at radius 3 is 2.41 bits per heavy atom. The summed E-state index contributed by atoms with van der Waals surface area (Å²) in [4.78, 5) is 37.6. The van der Waals surface area contributed by atoms with Crippen LogP contribution in [0.5, 0.6) is 0 Å². The molecule has 0 spiro atoms. The fourth-order valence-corrected chi connectivity index (χ4v) is 4.94. The fraction of sp³-hybridized carbons (Fsp3) is 0.0400. The number of thioether (sulfide) groups is 1. The van der Waals surface area contributed by atoms with Gasteiger partial charge in [-0.25, -0.2) is 4.90 Å². The molecule has 0 bridgehead atoms. The molecule has 1 aliphatic rings. The molecule has 1 aromatic heterocycles. The molecule has 5 rings (SSSR count). The molecule has 0 radical (unpaired) electrons. The molecule has 1 aliphatic heterocycles. The number of para-hydroxylation sites is 2. The number of nitro benzene ring substituents is 1. The van der Waals surface area contributed by atoms with E-state index in [4.69, 9.17) is 11.6 Å². The number of benzene rings is 3. The number of halogens is 1. The summed E-state index contributed by atoms with van der Waals surface area (Å²) in [7, 11) is 0. The third kappa shape index (κ3) is 3.98. The maximum atomic E-state index is 13.1. The Morgan fingerprint density at radius 2 is 1.68 bits per heavy atom. The van der Waals surface area contributed by atoms with Crippen LogP contribution < -0.4 is 4.90 Å². The summed E-state index contributed by atoms with van der Waals surface area (Å²) in [5.41, 5.74) is 3.03. The normalized spacial score (nSPS) is 15.0. The van der Waals surface area contributed by atoms with Gasteiger partial charge in [-0.15, -0.1) is 0 Å². The zero-order valence-electron chi connectivity index (χ0n) is 17.6. The van der Waals surface area contributed by atoms with Gasteiger partial charge in [-0.05, 0) is 41.6 Å². The van der Waals surface area contributed by atoms with E-state index in [-0.39, 0.29) is 5.69 Å². The molecule has 0 saturated carbocycles. The van der Waals surface area contributed by atoms with Crippen molar-refractivity contribution in [2.45, 2.75) is 6.54 Å². The molecule has 7 nitrogen and oxygen atoms in total. The van der Waals surface area contributed by atoms with Gasteiger partial charge in [-0.1, -0.05) is 54.1 Å².